The zero-order chi connectivity index (χ0) is 14.8. The second kappa shape index (κ2) is 6.13. The Kier molecular flexibility index (Phi) is 4.24. The summed E-state index contributed by atoms with van der Waals surface area (Å²) < 4.78 is 12.2. The molecule has 0 saturated heterocycles. The standard InChI is InChI=1S/C15H20BrN3O2/c1-9-5-12(9)19-15(17-2)18-8-10-6-11(16)14-13(7-10)20-3-4-21-14/h6-7,9,12H,3-5,8H2,1-2H3,(H2,17,18,19). The first-order valence-corrected chi connectivity index (χ1v) is 8.02. The number of guanidine groups is 1. The first-order valence-electron chi connectivity index (χ1n) is 7.22. The number of aliphatic imine (C=N–C) groups is 1. The van der Waals surface area contributed by atoms with Gasteiger partial charge in [0.15, 0.2) is 17.5 Å². The van der Waals surface area contributed by atoms with E-state index in [9.17, 15) is 0 Å². The van der Waals surface area contributed by atoms with E-state index in [1.54, 1.807) is 7.05 Å². The summed E-state index contributed by atoms with van der Waals surface area (Å²) in [4.78, 5) is 4.25. The van der Waals surface area contributed by atoms with E-state index in [1.807, 2.05) is 12.1 Å². The van der Waals surface area contributed by atoms with Gasteiger partial charge in [0.2, 0.25) is 0 Å². The van der Waals surface area contributed by atoms with Crippen LogP contribution in [0.15, 0.2) is 21.6 Å². The predicted octanol–water partition coefficient (Wildman–Crippen LogP) is 2.29. The average molecular weight is 354 g/mol. The Hall–Kier alpha value is -1.43. The zero-order valence-corrected chi connectivity index (χ0v) is 13.9. The minimum Gasteiger partial charge on any atom is -0.486 e. The van der Waals surface area contributed by atoms with Crippen LogP contribution in [-0.4, -0.2) is 32.3 Å². The van der Waals surface area contributed by atoms with Crippen molar-refractivity contribution in [2.45, 2.75) is 25.9 Å². The molecule has 3 rings (SSSR count). The topological polar surface area (TPSA) is 54.9 Å². The Bertz CT molecular complexity index is 562. The van der Waals surface area contributed by atoms with Gasteiger partial charge in [-0.25, -0.2) is 0 Å². The van der Waals surface area contributed by atoms with Gasteiger partial charge in [0.05, 0.1) is 4.47 Å². The van der Waals surface area contributed by atoms with Gasteiger partial charge in [-0.3, -0.25) is 4.99 Å². The van der Waals surface area contributed by atoms with Crippen molar-refractivity contribution in [2.75, 3.05) is 20.3 Å². The molecule has 0 bridgehead atoms. The van der Waals surface area contributed by atoms with Crippen molar-refractivity contribution < 1.29 is 9.47 Å². The van der Waals surface area contributed by atoms with Crippen LogP contribution in [0.1, 0.15) is 18.9 Å². The number of nitrogens with one attached hydrogen (secondary N) is 2. The van der Waals surface area contributed by atoms with E-state index in [2.05, 4.69) is 38.5 Å². The van der Waals surface area contributed by atoms with Crippen molar-refractivity contribution in [3.8, 4) is 11.5 Å². The molecule has 114 valence electrons. The summed E-state index contributed by atoms with van der Waals surface area (Å²) in [6, 6.07) is 4.62. The summed E-state index contributed by atoms with van der Waals surface area (Å²) in [7, 11) is 1.79. The highest BCUT2D eigenvalue weighted by molar-refractivity contribution is 9.10. The van der Waals surface area contributed by atoms with E-state index in [1.165, 1.54) is 6.42 Å². The number of benzene rings is 1. The van der Waals surface area contributed by atoms with Crippen LogP contribution in [0, 0.1) is 5.92 Å². The number of nitrogens with zero attached hydrogens (tertiary/aromatic N) is 1. The highest BCUT2D eigenvalue weighted by atomic mass is 79.9. The highest BCUT2D eigenvalue weighted by Gasteiger charge is 2.33. The number of ether oxygens (including phenoxy) is 2. The minimum atomic E-state index is 0.559. The van der Waals surface area contributed by atoms with Crippen molar-refractivity contribution in [3.05, 3.63) is 22.2 Å². The second-order valence-corrected chi connectivity index (χ2v) is 6.35. The summed E-state index contributed by atoms with van der Waals surface area (Å²) in [6.07, 6.45) is 1.22. The third kappa shape index (κ3) is 3.43. The molecule has 1 aromatic carbocycles. The average Bonchev–Trinajstić information content (AvgIpc) is 3.18. The molecule has 21 heavy (non-hydrogen) atoms. The molecule has 0 aromatic heterocycles. The van der Waals surface area contributed by atoms with Gasteiger partial charge < -0.3 is 20.1 Å². The molecule has 1 aliphatic heterocycles. The normalized spacial score (nSPS) is 23.7. The third-order valence-electron chi connectivity index (χ3n) is 3.77. The lowest BCUT2D eigenvalue weighted by Crippen LogP contribution is -2.38. The van der Waals surface area contributed by atoms with Gasteiger partial charge in [-0.1, -0.05) is 6.92 Å². The van der Waals surface area contributed by atoms with E-state index >= 15 is 0 Å². The summed E-state index contributed by atoms with van der Waals surface area (Å²) in [5.74, 6) is 3.17. The quantitative estimate of drug-likeness (QED) is 0.646. The van der Waals surface area contributed by atoms with E-state index in [0.29, 0.717) is 25.8 Å². The zero-order valence-electron chi connectivity index (χ0n) is 12.3. The van der Waals surface area contributed by atoms with Crippen LogP contribution in [0.4, 0.5) is 0 Å². The van der Waals surface area contributed by atoms with Crippen molar-refractivity contribution in [1.29, 1.82) is 0 Å². The lowest BCUT2D eigenvalue weighted by Gasteiger charge is -2.20. The van der Waals surface area contributed by atoms with Crippen molar-refractivity contribution in [2.24, 2.45) is 10.9 Å². The fourth-order valence-corrected chi connectivity index (χ4v) is 2.95. The number of fused-ring (bicyclic) bond motifs is 1. The smallest absolute Gasteiger partial charge is 0.191 e. The van der Waals surface area contributed by atoms with E-state index in [-0.39, 0.29) is 0 Å². The van der Waals surface area contributed by atoms with Gasteiger partial charge in [-0.05, 0) is 46.0 Å². The fraction of sp³-hybridized carbons (Fsp3) is 0.533. The first-order chi connectivity index (χ1) is 10.2. The molecule has 2 unspecified atom stereocenters. The molecule has 1 fully saturated rings. The van der Waals surface area contributed by atoms with Gasteiger partial charge in [-0.2, -0.15) is 0 Å². The number of rotatable bonds is 3. The fourth-order valence-electron chi connectivity index (χ4n) is 2.35. The molecule has 0 amide bonds. The molecule has 6 heteroatoms. The summed E-state index contributed by atoms with van der Waals surface area (Å²) in [5, 5.41) is 6.74. The summed E-state index contributed by atoms with van der Waals surface area (Å²) in [5.41, 5.74) is 1.12. The maximum absolute atomic E-state index is 5.64. The lowest BCUT2D eigenvalue weighted by atomic mass is 10.2. The molecule has 0 radical (unpaired) electrons. The van der Waals surface area contributed by atoms with E-state index in [4.69, 9.17) is 9.47 Å². The van der Waals surface area contributed by atoms with Crippen molar-refractivity contribution in [3.63, 3.8) is 0 Å². The SMILES string of the molecule is CN=C(NCc1cc(Br)c2c(c1)OCCO2)NC1CC1C. The largest absolute Gasteiger partial charge is 0.486 e. The molecule has 1 aliphatic carbocycles. The van der Waals surface area contributed by atoms with Crippen LogP contribution in [0.2, 0.25) is 0 Å². The van der Waals surface area contributed by atoms with Crippen LogP contribution in [-0.2, 0) is 6.54 Å². The maximum Gasteiger partial charge on any atom is 0.191 e. The maximum atomic E-state index is 5.64. The van der Waals surface area contributed by atoms with Crippen LogP contribution in [0.5, 0.6) is 11.5 Å². The summed E-state index contributed by atoms with van der Waals surface area (Å²) >= 11 is 3.54. The Morgan fingerprint density at radius 3 is 2.86 bits per heavy atom. The van der Waals surface area contributed by atoms with Crippen LogP contribution in [0.3, 0.4) is 0 Å². The molecule has 1 aromatic rings. The highest BCUT2D eigenvalue weighted by Crippen LogP contribution is 2.38. The van der Waals surface area contributed by atoms with Gasteiger partial charge in [0.25, 0.3) is 0 Å². The van der Waals surface area contributed by atoms with E-state index in [0.717, 1.165) is 33.4 Å². The van der Waals surface area contributed by atoms with Crippen molar-refractivity contribution >= 4 is 21.9 Å². The van der Waals surface area contributed by atoms with Crippen LogP contribution in [0.25, 0.3) is 0 Å². The molecule has 0 spiro atoms. The van der Waals surface area contributed by atoms with Gasteiger partial charge in [-0.15, -0.1) is 0 Å². The molecular formula is C15H20BrN3O2. The molecule has 1 heterocycles. The minimum absolute atomic E-state index is 0.559. The van der Waals surface area contributed by atoms with Crippen molar-refractivity contribution in [1.82, 2.24) is 10.6 Å². The molecule has 1 saturated carbocycles. The second-order valence-electron chi connectivity index (χ2n) is 5.49. The monoisotopic (exact) mass is 353 g/mol. The lowest BCUT2D eigenvalue weighted by molar-refractivity contribution is 0.170. The van der Waals surface area contributed by atoms with Gasteiger partial charge in [0.1, 0.15) is 13.2 Å². The Morgan fingerprint density at radius 1 is 1.38 bits per heavy atom. The molecule has 2 aliphatic rings. The number of halogens is 1. The molecule has 5 nitrogen and oxygen atoms in total. The van der Waals surface area contributed by atoms with Crippen LogP contribution >= 0.6 is 15.9 Å². The van der Waals surface area contributed by atoms with E-state index < -0.39 is 0 Å². The third-order valence-corrected chi connectivity index (χ3v) is 4.36. The Balaban J connectivity index is 1.63. The number of hydrogen-bond acceptors (Lipinski definition) is 3. The predicted molar refractivity (Wildman–Crippen MR) is 86.0 cm³/mol. The van der Waals surface area contributed by atoms with Gasteiger partial charge in [0, 0.05) is 19.6 Å². The van der Waals surface area contributed by atoms with Crippen LogP contribution < -0.4 is 20.1 Å². The van der Waals surface area contributed by atoms with Gasteiger partial charge >= 0.3 is 0 Å². The Morgan fingerprint density at radius 2 is 2.14 bits per heavy atom. The Labute approximate surface area is 133 Å². The molecule has 2 atom stereocenters. The first kappa shape index (κ1) is 14.5. The summed E-state index contributed by atoms with van der Waals surface area (Å²) in [6.45, 7) is 4.12. The molecule has 2 N–H and O–H groups in total. The molecular weight excluding hydrogens is 334 g/mol. The number of hydrogen-bond donors (Lipinski definition) is 2.